The summed E-state index contributed by atoms with van der Waals surface area (Å²) in [5, 5.41) is 0.670. The molecular formula is C10H18S5. The summed E-state index contributed by atoms with van der Waals surface area (Å²) in [4.78, 5) is 0. The second-order valence-corrected chi connectivity index (χ2v) is 7.21. The van der Waals surface area contributed by atoms with Crippen LogP contribution in [0.25, 0.3) is 0 Å². The molecule has 0 saturated heterocycles. The Morgan fingerprint density at radius 3 is 2.47 bits per heavy atom. The van der Waals surface area contributed by atoms with E-state index in [0.29, 0.717) is 5.25 Å². The molecule has 0 aliphatic rings. The zero-order chi connectivity index (χ0) is 11.4. The van der Waals surface area contributed by atoms with Gasteiger partial charge in [-0.2, -0.15) is 48.8 Å². The number of hydrogen-bond acceptors (Lipinski definition) is 5. The van der Waals surface area contributed by atoms with Crippen molar-refractivity contribution in [2.75, 3.05) is 40.3 Å². The molecule has 0 aromatic rings. The molecule has 0 rings (SSSR count). The van der Waals surface area contributed by atoms with Gasteiger partial charge in [-0.05, 0) is 5.75 Å². The monoisotopic (exact) mass is 298 g/mol. The Morgan fingerprint density at radius 2 is 1.87 bits per heavy atom. The molecule has 88 valence electrons. The minimum atomic E-state index is 0.670. The third kappa shape index (κ3) is 11.6. The Balaban J connectivity index is 3.27. The van der Waals surface area contributed by atoms with Gasteiger partial charge in [0.25, 0.3) is 0 Å². The quantitative estimate of drug-likeness (QED) is 0.362. The molecule has 0 nitrogen and oxygen atoms in total. The normalized spacial score (nSPS) is 12.3. The van der Waals surface area contributed by atoms with Crippen LogP contribution in [0.2, 0.25) is 0 Å². The Kier molecular flexibility index (Phi) is 14.5. The standard InChI is InChI=1S/C10H18S5/c1-2-4-13-6-7-14-9-10(8-12)15-5-3-11/h1,10-12H,3-9H2. The summed E-state index contributed by atoms with van der Waals surface area (Å²) in [5.41, 5.74) is 0. The van der Waals surface area contributed by atoms with Crippen molar-refractivity contribution in [1.82, 2.24) is 0 Å². The summed E-state index contributed by atoms with van der Waals surface area (Å²) >= 11 is 14.4. The molecule has 0 spiro atoms. The Labute approximate surface area is 118 Å². The van der Waals surface area contributed by atoms with Gasteiger partial charge in [0.05, 0.1) is 5.75 Å². The van der Waals surface area contributed by atoms with Gasteiger partial charge in [0.2, 0.25) is 0 Å². The topological polar surface area (TPSA) is 0 Å². The number of thiol groups is 2. The van der Waals surface area contributed by atoms with Crippen molar-refractivity contribution >= 4 is 60.5 Å². The average Bonchev–Trinajstić information content (AvgIpc) is 2.27. The van der Waals surface area contributed by atoms with Gasteiger partial charge in [-0.15, -0.1) is 18.2 Å². The highest BCUT2D eigenvalue weighted by Crippen LogP contribution is 2.18. The van der Waals surface area contributed by atoms with Crippen molar-refractivity contribution < 1.29 is 0 Å². The van der Waals surface area contributed by atoms with E-state index in [2.05, 4.69) is 31.2 Å². The van der Waals surface area contributed by atoms with Gasteiger partial charge in [0.15, 0.2) is 0 Å². The molecule has 0 amide bonds. The number of rotatable bonds is 10. The van der Waals surface area contributed by atoms with Crippen LogP contribution >= 0.6 is 60.5 Å². The maximum Gasteiger partial charge on any atom is 0.0545 e. The molecule has 0 aromatic carbocycles. The lowest BCUT2D eigenvalue weighted by Gasteiger charge is -2.12. The molecule has 5 heteroatoms. The van der Waals surface area contributed by atoms with Gasteiger partial charge < -0.3 is 0 Å². The first-order valence-corrected chi connectivity index (χ1v) is 9.39. The molecule has 0 saturated carbocycles. The smallest absolute Gasteiger partial charge is 0.0545 e. The van der Waals surface area contributed by atoms with E-state index in [0.717, 1.165) is 28.8 Å². The average molecular weight is 299 g/mol. The van der Waals surface area contributed by atoms with Gasteiger partial charge in [-0.1, -0.05) is 5.92 Å². The molecule has 0 N–H and O–H groups in total. The zero-order valence-electron chi connectivity index (χ0n) is 8.72. The Hall–Kier alpha value is 1.31. The first-order chi connectivity index (χ1) is 7.35. The first-order valence-electron chi connectivity index (χ1n) is 4.77. The van der Waals surface area contributed by atoms with E-state index in [1.807, 2.05) is 35.3 Å². The summed E-state index contributed by atoms with van der Waals surface area (Å²) in [6.07, 6.45) is 5.17. The summed E-state index contributed by atoms with van der Waals surface area (Å²) in [6, 6.07) is 0. The second-order valence-electron chi connectivity index (χ2n) is 2.73. The third-order valence-electron chi connectivity index (χ3n) is 1.51. The highest BCUT2D eigenvalue weighted by atomic mass is 32.2. The van der Waals surface area contributed by atoms with Crippen molar-refractivity contribution in [1.29, 1.82) is 0 Å². The SMILES string of the molecule is C#CCSCCSCC(CS)SCCS. The highest BCUT2D eigenvalue weighted by molar-refractivity contribution is 8.05. The molecule has 1 atom stereocenters. The van der Waals surface area contributed by atoms with Crippen molar-refractivity contribution in [3.63, 3.8) is 0 Å². The van der Waals surface area contributed by atoms with Crippen LogP contribution in [0.3, 0.4) is 0 Å². The van der Waals surface area contributed by atoms with Gasteiger partial charge in [-0.3, -0.25) is 0 Å². The summed E-state index contributed by atoms with van der Waals surface area (Å²) < 4.78 is 0. The van der Waals surface area contributed by atoms with Crippen LogP contribution in [0.15, 0.2) is 0 Å². The van der Waals surface area contributed by atoms with Gasteiger partial charge in [0, 0.05) is 34.0 Å². The van der Waals surface area contributed by atoms with Crippen LogP contribution in [0.4, 0.5) is 0 Å². The number of hydrogen-bond donors (Lipinski definition) is 2. The fourth-order valence-electron chi connectivity index (χ4n) is 0.837. The molecule has 0 aliphatic carbocycles. The maximum absolute atomic E-state index is 5.17. The van der Waals surface area contributed by atoms with Gasteiger partial charge in [0.1, 0.15) is 0 Å². The first kappa shape index (κ1) is 16.3. The lowest BCUT2D eigenvalue weighted by atomic mass is 10.5. The molecule has 0 heterocycles. The largest absolute Gasteiger partial charge is 0.179 e. The zero-order valence-corrected chi connectivity index (χ0v) is 13.0. The maximum atomic E-state index is 5.17. The van der Waals surface area contributed by atoms with E-state index in [-0.39, 0.29) is 0 Å². The van der Waals surface area contributed by atoms with Gasteiger partial charge >= 0.3 is 0 Å². The van der Waals surface area contributed by atoms with E-state index < -0.39 is 0 Å². The summed E-state index contributed by atoms with van der Waals surface area (Å²) in [7, 11) is 0. The molecule has 0 radical (unpaired) electrons. The predicted octanol–water partition coefficient (Wildman–Crippen LogP) is 3.05. The summed E-state index contributed by atoms with van der Waals surface area (Å²) in [5.74, 6) is 10.1. The van der Waals surface area contributed by atoms with E-state index in [9.17, 15) is 0 Å². The molecule has 15 heavy (non-hydrogen) atoms. The molecular weight excluding hydrogens is 280 g/mol. The molecule has 1 unspecified atom stereocenters. The van der Waals surface area contributed by atoms with E-state index in [4.69, 9.17) is 6.42 Å². The Bertz CT molecular complexity index is 166. The number of thioether (sulfide) groups is 3. The minimum Gasteiger partial charge on any atom is -0.179 e. The molecule has 0 fully saturated rings. The molecule has 0 aliphatic heterocycles. The van der Waals surface area contributed by atoms with Crippen molar-refractivity contribution in [3.05, 3.63) is 0 Å². The summed E-state index contributed by atoms with van der Waals surface area (Å²) in [6.45, 7) is 0. The van der Waals surface area contributed by atoms with Crippen molar-refractivity contribution in [3.8, 4) is 12.3 Å². The molecule has 0 aromatic heterocycles. The van der Waals surface area contributed by atoms with Crippen molar-refractivity contribution in [2.45, 2.75) is 5.25 Å². The predicted molar refractivity (Wildman–Crippen MR) is 87.4 cm³/mol. The van der Waals surface area contributed by atoms with Crippen LogP contribution in [0.5, 0.6) is 0 Å². The molecule has 0 bridgehead atoms. The highest BCUT2D eigenvalue weighted by Gasteiger charge is 2.06. The van der Waals surface area contributed by atoms with E-state index in [1.54, 1.807) is 0 Å². The Morgan fingerprint density at radius 1 is 1.13 bits per heavy atom. The fraction of sp³-hybridized carbons (Fsp3) is 0.800. The minimum absolute atomic E-state index is 0.670. The third-order valence-corrected chi connectivity index (χ3v) is 6.43. The fourth-order valence-corrected chi connectivity index (χ4v) is 4.74. The van der Waals surface area contributed by atoms with Crippen LogP contribution < -0.4 is 0 Å². The lowest BCUT2D eigenvalue weighted by molar-refractivity contribution is 1.15. The lowest BCUT2D eigenvalue weighted by Crippen LogP contribution is -2.10. The van der Waals surface area contributed by atoms with E-state index in [1.165, 1.54) is 11.5 Å². The van der Waals surface area contributed by atoms with Crippen molar-refractivity contribution in [2.24, 2.45) is 0 Å². The van der Waals surface area contributed by atoms with Crippen LogP contribution in [0, 0.1) is 12.3 Å². The number of terminal acetylenes is 1. The van der Waals surface area contributed by atoms with Crippen LogP contribution in [-0.4, -0.2) is 45.5 Å². The van der Waals surface area contributed by atoms with E-state index >= 15 is 0 Å². The van der Waals surface area contributed by atoms with Gasteiger partial charge in [-0.25, -0.2) is 0 Å². The second kappa shape index (κ2) is 13.4. The van der Waals surface area contributed by atoms with Crippen LogP contribution in [-0.2, 0) is 0 Å². The van der Waals surface area contributed by atoms with Crippen LogP contribution in [0.1, 0.15) is 0 Å².